The van der Waals surface area contributed by atoms with E-state index in [0.717, 1.165) is 14.9 Å². The molecular formula is C11H8BrNO3S. The fourth-order valence-electron chi connectivity index (χ4n) is 1.41. The maximum atomic E-state index is 10.7. The minimum Gasteiger partial charge on any atom is -0.476 e. The van der Waals surface area contributed by atoms with Crippen molar-refractivity contribution in [2.75, 3.05) is 6.26 Å². The van der Waals surface area contributed by atoms with Gasteiger partial charge in [0.1, 0.15) is 0 Å². The van der Waals surface area contributed by atoms with Gasteiger partial charge in [-0.3, -0.25) is 0 Å². The predicted octanol–water partition coefficient (Wildman–Crippen LogP) is 3.52. The second-order valence-corrected chi connectivity index (χ2v) is 4.90. The molecule has 0 unspecified atom stereocenters. The highest BCUT2D eigenvalue weighted by Crippen LogP contribution is 2.36. The third-order valence-electron chi connectivity index (χ3n) is 2.17. The number of carboxylic acid groups (broad SMARTS) is 1. The Labute approximate surface area is 110 Å². The number of carboxylic acids is 1. The van der Waals surface area contributed by atoms with Crippen LogP contribution in [-0.4, -0.2) is 22.5 Å². The number of aromatic carboxylic acids is 1. The lowest BCUT2D eigenvalue weighted by Gasteiger charge is -2.05. The Bertz CT molecular complexity index is 568. The minimum atomic E-state index is -1.10. The Morgan fingerprint density at radius 2 is 2.29 bits per heavy atom. The zero-order valence-corrected chi connectivity index (χ0v) is 11.2. The first-order valence-electron chi connectivity index (χ1n) is 4.66. The highest BCUT2D eigenvalue weighted by Gasteiger charge is 2.16. The lowest BCUT2D eigenvalue weighted by Crippen LogP contribution is -1.94. The zero-order valence-electron chi connectivity index (χ0n) is 8.81. The van der Waals surface area contributed by atoms with Crippen molar-refractivity contribution in [3.63, 3.8) is 0 Å². The van der Waals surface area contributed by atoms with Gasteiger partial charge in [-0.15, -0.1) is 11.8 Å². The molecule has 1 N–H and O–H groups in total. The molecular weight excluding hydrogens is 306 g/mol. The van der Waals surface area contributed by atoms with E-state index in [4.69, 9.17) is 9.63 Å². The first-order chi connectivity index (χ1) is 8.13. The highest BCUT2D eigenvalue weighted by molar-refractivity contribution is 9.10. The van der Waals surface area contributed by atoms with Gasteiger partial charge in [0.15, 0.2) is 11.5 Å². The van der Waals surface area contributed by atoms with E-state index in [9.17, 15) is 4.79 Å². The molecule has 0 bridgehead atoms. The summed E-state index contributed by atoms with van der Waals surface area (Å²) < 4.78 is 5.91. The van der Waals surface area contributed by atoms with Crippen LogP contribution in [0.1, 0.15) is 10.5 Å². The van der Waals surface area contributed by atoms with Crippen LogP contribution >= 0.6 is 27.7 Å². The molecule has 0 spiro atoms. The predicted molar refractivity (Wildman–Crippen MR) is 68.4 cm³/mol. The fourth-order valence-corrected chi connectivity index (χ4v) is 2.73. The van der Waals surface area contributed by atoms with Crippen LogP contribution in [0.4, 0.5) is 0 Å². The zero-order chi connectivity index (χ0) is 12.4. The molecule has 6 heteroatoms. The van der Waals surface area contributed by atoms with Crippen molar-refractivity contribution in [2.24, 2.45) is 0 Å². The number of aromatic nitrogens is 1. The van der Waals surface area contributed by atoms with E-state index in [2.05, 4.69) is 21.1 Å². The second-order valence-electron chi connectivity index (χ2n) is 3.20. The standard InChI is InChI=1S/C11H8BrNO3S/c1-17-9-4-2-3-6(12)10(9)8-5-7(11(14)15)13-16-8/h2-5H,1H3,(H,14,15). The molecule has 4 nitrogen and oxygen atoms in total. The molecule has 1 aromatic heterocycles. The summed E-state index contributed by atoms with van der Waals surface area (Å²) in [5.41, 5.74) is 0.725. The molecule has 0 atom stereocenters. The van der Waals surface area contributed by atoms with Gasteiger partial charge in [0, 0.05) is 21.0 Å². The molecule has 0 radical (unpaired) electrons. The van der Waals surface area contributed by atoms with Gasteiger partial charge in [0.2, 0.25) is 0 Å². The number of nitrogens with zero attached hydrogens (tertiary/aromatic N) is 1. The quantitative estimate of drug-likeness (QED) is 0.878. The molecule has 0 aliphatic carbocycles. The number of carbonyl (C=O) groups is 1. The fraction of sp³-hybridized carbons (Fsp3) is 0.0909. The Morgan fingerprint density at radius 1 is 1.53 bits per heavy atom. The molecule has 0 amide bonds. The van der Waals surface area contributed by atoms with E-state index >= 15 is 0 Å². The maximum absolute atomic E-state index is 10.7. The SMILES string of the molecule is CSc1cccc(Br)c1-c1cc(C(=O)O)no1. The van der Waals surface area contributed by atoms with E-state index in [1.807, 2.05) is 24.5 Å². The van der Waals surface area contributed by atoms with E-state index in [0.29, 0.717) is 5.76 Å². The van der Waals surface area contributed by atoms with Crippen molar-refractivity contribution in [3.8, 4) is 11.3 Å². The number of thioether (sulfide) groups is 1. The average Bonchev–Trinajstić information content (AvgIpc) is 2.77. The number of hydrogen-bond acceptors (Lipinski definition) is 4. The molecule has 0 fully saturated rings. The van der Waals surface area contributed by atoms with Crippen LogP contribution in [0, 0.1) is 0 Å². The van der Waals surface area contributed by atoms with Gasteiger partial charge in [0.05, 0.1) is 0 Å². The second kappa shape index (κ2) is 4.93. The normalized spacial score (nSPS) is 10.5. The molecule has 17 heavy (non-hydrogen) atoms. The van der Waals surface area contributed by atoms with Crippen molar-refractivity contribution in [3.05, 3.63) is 34.4 Å². The molecule has 0 aliphatic heterocycles. The van der Waals surface area contributed by atoms with Crippen LogP contribution in [0.3, 0.4) is 0 Å². The van der Waals surface area contributed by atoms with Crippen LogP contribution in [0.25, 0.3) is 11.3 Å². The summed E-state index contributed by atoms with van der Waals surface area (Å²) in [7, 11) is 0. The first-order valence-corrected chi connectivity index (χ1v) is 6.68. The van der Waals surface area contributed by atoms with Crippen molar-refractivity contribution >= 4 is 33.7 Å². The van der Waals surface area contributed by atoms with Crippen molar-refractivity contribution < 1.29 is 14.4 Å². The molecule has 1 aromatic carbocycles. The van der Waals surface area contributed by atoms with Gasteiger partial charge in [-0.05, 0) is 34.3 Å². The average molecular weight is 314 g/mol. The van der Waals surface area contributed by atoms with Crippen LogP contribution in [-0.2, 0) is 0 Å². The molecule has 0 aliphatic rings. The number of halogens is 1. The number of rotatable bonds is 3. The third-order valence-corrected chi connectivity index (χ3v) is 3.61. The van der Waals surface area contributed by atoms with Crippen LogP contribution in [0.5, 0.6) is 0 Å². The Balaban J connectivity index is 2.55. The van der Waals surface area contributed by atoms with Gasteiger partial charge in [0.25, 0.3) is 0 Å². The van der Waals surface area contributed by atoms with Crippen LogP contribution < -0.4 is 0 Å². The highest BCUT2D eigenvalue weighted by atomic mass is 79.9. The van der Waals surface area contributed by atoms with E-state index < -0.39 is 5.97 Å². The van der Waals surface area contributed by atoms with Gasteiger partial charge in [-0.25, -0.2) is 4.79 Å². The molecule has 2 aromatic rings. The van der Waals surface area contributed by atoms with Crippen LogP contribution in [0.2, 0.25) is 0 Å². The summed E-state index contributed by atoms with van der Waals surface area (Å²) in [5, 5.41) is 12.3. The van der Waals surface area contributed by atoms with Gasteiger partial charge in [-0.1, -0.05) is 11.2 Å². The van der Waals surface area contributed by atoms with Crippen molar-refractivity contribution in [1.29, 1.82) is 0 Å². The molecule has 0 saturated carbocycles. The lowest BCUT2D eigenvalue weighted by atomic mass is 10.1. The number of hydrogen-bond donors (Lipinski definition) is 1. The lowest BCUT2D eigenvalue weighted by molar-refractivity contribution is 0.0686. The Kier molecular flexibility index (Phi) is 3.54. The topological polar surface area (TPSA) is 63.3 Å². The Morgan fingerprint density at radius 3 is 2.88 bits per heavy atom. The van der Waals surface area contributed by atoms with E-state index in [1.54, 1.807) is 11.8 Å². The summed E-state index contributed by atoms with van der Waals surface area (Å²) in [5.74, 6) is -0.656. The molecule has 1 heterocycles. The summed E-state index contributed by atoms with van der Waals surface area (Å²) in [4.78, 5) is 11.7. The monoisotopic (exact) mass is 313 g/mol. The van der Waals surface area contributed by atoms with E-state index in [-0.39, 0.29) is 5.69 Å². The summed E-state index contributed by atoms with van der Waals surface area (Å²) in [6, 6.07) is 7.14. The van der Waals surface area contributed by atoms with Crippen molar-refractivity contribution in [2.45, 2.75) is 4.90 Å². The smallest absolute Gasteiger partial charge is 0.358 e. The van der Waals surface area contributed by atoms with E-state index in [1.165, 1.54) is 6.07 Å². The van der Waals surface area contributed by atoms with Gasteiger partial charge < -0.3 is 9.63 Å². The number of benzene rings is 1. The Hall–Kier alpha value is -1.27. The largest absolute Gasteiger partial charge is 0.476 e. The molecule has 0 saturated heterocycles. The summed E-state index contributed by atoms with van der Waals surface area (Å²) in [6.07, 6.45) is 1.94. The molecule has 88 valence electrons. The first kappa shape index (κ1) is 12.2. The third kappa shape index (κ3) is 2.37. The van der Waals surface area contributed by atoms with Crippen LogP contribution in [0.15, 0.2) is 38.2 Å². The van der Waals surface area contributed by atoms with Gasteiger partial charge in [-0.2, -0.15) is 0 Å². The minimum absolute atomic E-state index is 0.0946. The molecule has 2 rings (SSSR count). The van der Waals surface area contributed by atoms with Crippen molar-refractivity contribution in [1.82, 2.24) is 5.16 Å². The summed E-state index contributed by atoms with van der Waals surface area (Å²) in [6.45, 7) is 0. The van der Waals surface area contributed by atoms with Gasteiger partial charge >= 0.3 is 5.97 Å². The maximum Gasteiger partial charge on any atom is 0.358 e. The summed E-state index contributed by atoms with van der Waals surface area (Å²) >= 11 is 4.98.